The van der Waals surface area contributed by atoms with Gasteiger partial charge < -0.3 is 19.9 Å². The molecule has 9 nitrogen and oxygen atoms in total. The summed E-state index contributed by atoms with van der Waals surface area (Å²) in [5.74, 6) is 0.595. The molecule has 5 aromatic rings. The summed E-state index contributed by atoms with van der Waals surface area (Å²) in [4.78, 5) is 12.7. The molecule has 0 saturated carbocycles. The summed E-state index contributed by atoms with van der Waals surface area (Å²) in [6.07, 6.45) is -0.934. The first kappa shape index (κ1) is 30.7. The first-order valence-electron chi connectivity index (χ1n) is 14.9. The van der Waals surface area contributed by atoms with E-state index in [-0.39, 0.29) is 30.6 Å². The van der Waals surface area contributed by atoms with Crippen molar-refractivity contribution in [1.29, 1.82) is 0 Å². The Hall–Kier alpha value is -4.35. The number of amides is 1. The van der Waals surface area contributed by atoms with Gasteiger partial charge in [-0.15, -0.1) is 5.10 Å². The number of aliphatic hydroxyl groups is 1. The molecule has 230 valence electrons. The van der Waals surface area contributed by atoms with Crippen LogP contribution in [0.3, 0.4) is 0 Å². The highest BCUT2D eigenvalue weighted by Crippen LogP contribution is 2.43. The third-order valence-electron chi connectivity index (χ3n) is 8.07. The van der Waals surface area contributed by atoms with Crippen molar-refractivity contribution < 1.29 is 19.4 Å². The van der Waals surface area contributed by atoms with Crippen LogP contribution in [0.1, 0.15) is 51.9 Å². The number of aliphatic hydroxyl groups excluding tert-OH is 1. The second-order valence-corrected chi connectivity index (χ2v) is 12.0. The molecule has 0 spiro atoms. The molecule has 4 unspecified atom stereocenters. The molecule has 4 aromatic carbocycles. The predicted octanol–water partition coefficient (Wildman–Crippen LogP) is 5.88. The molecule has 0 bridgehead atoms. The van der Waals surface area contributed by atoms with Gasteiger partial charge in [0.1, 0.15) is 0 Å². The normalized spacial score (nSPS) is 19.7. The van der Waals surface area contributed by atoms with E-state index in [0.29, 0.717) is 17.9 Å². The van der Waals surface area contributed by atoms with E-state index in [1.54, 1.807) is 28.6 Å². The van der Waals surface area contributed by atoms with E-state index in [4.69, 9.17) is 9.47 Å². The molecule has 0 aliphatic carbocycles. The van der Waals surface area contributed by atoms with Crippen LogP contribution in [0.5, 0.6) is 0 Å². The number of tetrazole rings is 1. The lowest BCUT2D eigenvalue weighted by atomic mass is 9.91. The molecular formula is C35H35N5O4S. The van der Waals surface area contributed by atoms with Gasteiger partial charge in [0, 0.05) is 36.4 Å². The van der Waals surface area contributed by atoms with Gasteiger partial charge in [0.2, 0.25) is 5.16 Å². The maximum absolute atomic E-state index is 12.7. The standard InChI is InChI=1S/C35H35N5O4S/c1-23-31(22-45-35-37-38-39-40(35)2)43-34(44-32(23)26-14-12-24(21-41)13-15-26)28-18-16-25(17-19-28)30-11-7-6-10-29(30)20-36-33(42)27-8-4-3-5-9-27/h3-19,23,31-32,34,41H,20-22H2,1-2H3,(H,36,42). The van der Waals surface area contributed by atoms with Crippen LogP contribution in [0.4, 0.5) is 0 Å². The molecule has 4 atom stereocenters. The summed E-state index contributed by atoms with van der Waals surface area (Å²) in [5, 5.41) is 25.1. The summed E-state index contributed by atoms with van der Waals surface area (Å²) in [6, 6.07) is 33.4. The van der Waals surface area contributed by atoms with E-state index in [1.807, 2.05) is 79.8 Å². The smallest absolute Gasteiger partial charge is 0.251 e. The Morgan fingerprint density at radius 1 is 0.911 bits per heavy atom. The lowest BCUT2D eigenvalue weighted by molar-refractivity contribution is -0.268. The minimum absolute atomic E-state index is 0.00698. The first-order chi connectivity index (χ1) is 22.0. The summed E-state index contributed by atoms with van der Waals surface area (Å²) < 4.78 is 14.9. The molecule has 45 heavy (non-hydrogen) atoms. The Labute approximate surface area is 266 Å². The highest BCUT2D eigenvalue weighted by atomic mass is 32.2. The van der Waals surface area contributed by atoms with Crippen LogP contribution < -0.4 is 5.32 Å². The van der Waals surface area contributed by atoms with E-state index in [0.717, 1.165) is 38.5 Å². The number of ether oxygens (including phenoxy) is 2. The van der Waals surface area contributed by atoms with Crippen LogP contribution in [0.25, 0.3) is 11.1 Å². The van der Waals surface area contributed by atoms with Crippen molar-refractivity contribution in [2.75, 3.05) is 5.75 Å². The third-order valence-corrected chi connectivity index (χ3v) is 9.17. The highest BCUT2D eigenvalue weighted by molar-refractivity contribution is 7.99. The van der Waals surface area contributed by atoms with Crippen LogP contribution in [0.2, 0.25) is 0 Å². The van der Waals surface area contributed by atoms with Gasteiger partial charge in [-0.1, -0.05) is 110 Å². The van der Waals surface area contributed by atoms with Gasteiger partial charge in [-0.05, 0) is 50.4 Å². The molecule has 2 heterocycles. The summed E-state index contributed by atoms with van der Waals surface area (Å²) in [6.45, 7) is 2.54. The average Bonchev–Trinajstić information content (AvgIpc) is 3.51. The molecule has 1 fully saturated rings. The zero-order valence-corrected chi connectivity index (χ0v) is 25.9. The molecule has 1 aromatic heterocycles. The SMILES string of the molecule is CC1C(CSc2nnnn2C)OC(c2ccc(-c3ccccc3CNC(=O)c3ccccc3)cc2)OC1c1ccc(CO)cc1. The van der Waals surface area contributed by atoms with Gasteiger partial charge in [-0.2, -0.15) is 0 Å². The van der Waals surface area contributed by atoms with Gasteiger partial charge in [0.25, 0.3) is 5.91 Å². The van der Waals surface area contributed by atoms with Crippen molar-refractivity contribution in [2.24, 2.45) is 13.0 Å². The maximum atomic E-state index is 12.7. The summed E-state index contributed by atoms with van der Waals surface area (Å²) >= 11 is 1.55. The monoisotopic (exact) mass is 621 g/mol. The topological polar surface area (TPSA) is 111 Å². The zero-order chi connectivity index (χ0) is 31.2. The number of nitrogens with one attached hydrogen (secondary N) is 1. The summed E-state index contributed by atoms with van der Waals surface area (Å²) in [7, 11) is 1.82. The second-order valence-electron chi connectivity index (χ2n) is 11.0. The number of nitrogens with zero attached hydrogens (tertiary/aromatic N) is 4. The quantitative estimate of drug-likeness (QED) is 0.186. The van der Waals surface area contributed by atoms with Gasteiger partial charge in [0.15, 0.2) is 6.29 Å². The number of aryl methyl sites for hydroxylation is 1. The zero-order valence-electron chi connectivity index (χ0n) is 25.1. The van der Waals surface area contributed by atoms with Gasteiger partial charge in [0.05, 0.1) is 18.8 Å². The minimum Gasteiger partial charge on any atom is -0.392 e. The van der Waals surface area contributed by atoms with Gasteiger partial charge >= 0.3 is 0 Å². The lowest BCUT2D eigenvalue weighted by Crippen LogP contribution is -2.38. The van der Waals surface area contributed by atoms with Crippen molar-refractivity contribution in [3.05, 3.63) is 131 Å². The molecule has 6 rings (SSSR count). The maximum Gasteiger partial charge on any atom is 0.251 e. The lowest BCUT2D eigenvalue weighted by Gasteiger charge is -2.41. The van der Waals surface area contributed by atoms with E-state index < -0.39 is 6.29 Å². The second kappa shape index (κ2) is 14.2. The van der Waals surface area contributed by atoms with Gasteiger partial charge in [-0.25, -0.2) is 4.68 Å². The van der Waals surface area contributed by atoms with Crippen molar-refractivity contribution >= 4 is 17.7 Å². The summed E-state index contributed by atoms with van der Waals surface area (Å²) in [5.41, 5.74) is 6.53. The fourth-order valence-electron chi connectivity index (χ4n) is 5.45. The number of benzene rings is 4. The number of hydrogen-bond donors (Lipinski definition) is 2. The van der Waals surface area contributed by atoms with Crippen LogP contribution in [-0.2, 0) is 29.7 Å². The Kier molecular flexibility index (Phi) is 9.66. The molecule has 0 radical (unpaired) electrons. The van der Waals surface area contributed by atoms with Crippen LogP contribution in [0, 0.1) is 5.92 Å². The van der Waals surface area contributed by atoms with E-state index in [9.17, 15) is 9.90 Å². The molecule has 1 saturated heterocycles. The molecule has 1 amide bonds. The Morgan fingerprint density at radius 3 is 2.33 bits per heavy atom. The fraction of sp³-hybridized carbons (Fsp3) is 0.257. The fourth-order valence-corrected chi connectivity index (χ4v) is 6.47. The number of rotatable bonds is 10. The molecule has 10 heteroatoms. The molecule has 2 N–H and O–H groups in total. The number of carbonyl (C=O) groups excluding carboxylic acids is 1. The number of thioether (sulfide) groups is 1. The average molecular weight is 622 g/mol. The van der Waals surface area contributed by atoms with Crippen LogP contribution in [0.15, 0.2) is 108 Å². The first-order valence-corrected chi connectivity index (χ1v) is 15.9. The number of carbonyl (C=O) groups is 1. The number of aromatic nitrogens is 4. The highest BCUT2D eigenvalue weighted by Gasteiger charge is 2.38. The van der Waals surface area contributed by atoms with E-state index in [1.165, 1.54) is 0 Å². The predicted molar refractivity (Wildman–Crippen MR) is 172 cm³/mol. The third kappa shape index (κ3) is 7.15. The molecular weight excluding hydrogens is 586 g/mol. The van der Waals surface area contributed by atoms with Crippen LogP contribution >= 0.6 is 11.8 Å². The molecule has 1 aliphatic heterocycles. The van der Waals surface area contributed by atoms with Crippen molar-refractivity contribution in [3.63, 3.8) is 0 Å². The molecule has 1 aliphatic rings. The Morgan fingerprint density at radius 2 is 1.62 bits per heavy atom. The van der Waals surface area contributed by atoms with E-state index in [2.05, 4.69) is 46.0 Å². The number of hydrogen-bond acceptors (Lipinski definition) is 8. The van der Waals surface area contributed by atoms with Crippen molar-refractivity contribution in [1.82, 2.24) is 25.5 Å². The van der Waals surface area contributed by atoms with Crippen molar-refractivity contribution in [2.45, 2.75) is 43.7 Å². The van der Waals surface area contributed by atoms with Crippen LogP contribution in [-0.4, -0.2) is 43.1 Å². The minimum atomic E-state index is -0.582. The van der Waals surface area contributed by atoms with E-state index >= 15 is 0 Å². The van der Waals surface area contributed by atoms with Crippen molar-refractivity contribution in [3.8, 4) is 11.1 Å². The Balaban J connectivity index is 1.21. The van der Waals surface area contributed by atoms with Gasteiger partial charge in [-0.3, -0.25) is 4.79 Å². The Bertz CT molecular complexity index is 1710. The largest absolute Gasteiger partial charge is 0.392 e.